The average Bonchev–Trinajstić information content (AvgIpc) is 2.28. The molecule has 3 N–H and O–H groups in total. The molecule has 1 unspecified atom stereocenters. The molecule has 0 spiro atoms. The number of aryl methyl sites for hydroxylation is 1. The van der Waals surface area contributed by atoms with Gasteiger partial charge in [-0.3, -0.25) is 4.79 Å². The van der Waals surface area contributed by atoms with Gasteiger partial charge in [0.25, 0.3) is 0 Å². The van der Waals surface area contributed by atoms with Crippen LogP contribution in [0.2, 0.25) is 0 Å². The maximum Gasteiger partial charge on any atom is 0.240 e. The molecular formula is C13H21ClN2O. The van der Waals surface area contributed by atoms with Crippen molar-refractivity contribution < 1.29 is 4.79 Å². The first kappa shape index (κ1) is 15.9. The Bertz CT molecular complexity index is 336. The second-order valence-corrected chi connectivity index (χ2v) is 4.08. The Morgan fingerprint density at radius 3 is 2.41 bits per heavy atom. The maximum absolute atomic E-state index is 11.3. The van der Waals surface area contributed by atoms with Crippen molar-refractivity contribution in [1.82, 2.24) is 0 Å². The number of benzene rings is 1. The molecule has 1 atom stereocenters. The summed E-state index contributed by atoms with van der Waals surface area (Å²) < 4.78 is 0. The van der Waals surface area contributed by atoms with Crippen LogP contribution in [0.4, 0.5) is 5.69 Å². The Kier molecular flexibility index (Phi) is 7.59. The third-order valence-corrected chi connectivity index (χ3v) is 2.45. The minimum atomic E-state index is -0.472. The number of halogens is 1. The van der Waals surface area contributed by atoms with Crippen LogP contribution in [0.25, 0.3) is 0 Å². The molecule has 96 valence electrons. The highest BCUT2D eigenvalue weighted by molar-refractivity contribution is 5.94. The molecule has 0 aromatic heterocycles. The van der Waals surface area contributed by atoms with Gasteiger partial charge >= 0.3 is 0 Å². The molecular weight excluding hydrogens is 236 g/mol. The SMILES string of the molecule is CCCCc1ccc(NC(=O)C(C)N)cc1.Cl. The lowest BCUT2D eigenvalue weighted by molar-refractivity contribution is -0.117. The number of hydrogen-bond donors (Lipinski definition) is 2. The normalized spacial score (nSPS) is 11.5. The van der Waals surface area contributed by atoms with Gasteiger partial charge < -0.3 is 11.1 Å². The molecule has 0 aliphatic heterocycles. The van der Waals surface area contributed by atoms with Gasteiger partial charge in [-0.2, -0.15) is 0 Å². The van der Waals surface area contributed by atoms with Crippen molar-refractivity contribution in [3.63, 3.8) is 0 Å². The number of nitrogens with one attached hydrogen (secondary N) is 1. The van der Waals surface area contributed by atoms with Crippen LogP contribution in [-0.4, -0.2) is 11.9 Å². The van der Waals surface area contributed by atoms with Crippen LogP contribution in [0.15, 0.2) is 24.3 Å². The highest BCUT2D eigenvalue weighted by atomic mass is 35.5. The zero-order valence-electron chi connectivity index (χ0n) is 10.4. The van der Waals surface area contributed by atoms with Gasteiger partial charge in [0.05, 0.1) is 6.04 Å². The van der Waals surface area contributed by atoms with E-state index in [2.05, 4.69) is 12.2 Å². The molecule has 17 heavy (non-hydrogen) atoms. The van der Waals surface area contributed by atoms with Crippen LogP contribution in [-0.2, 0) is 11.2 Å². The van der Waals surface area contributed by atoms with E-state index < -0.39 is 6.04 Å². The molecule has 1 aromatic carbocycles. The highest BCUT2D eigenvalue weighted by Crippen LogP contribution is 2.11. The van der Waals surface area contributed by atoms with Gasteiger partial charge in [0.1, 0.15) is 0 Å². The van der Waals surface area contributed by atoms with Gasteiger partial charge in [-0.05, 0) is 37.5 Å². The zero-order valence-corrected chi connectivity index (χ0v) is 11.2. The lowest BCUT2D eigenvalue weighted by atomic mass is 10.1. The van der Waals surface area contributed by atoms with Crippen molar-refractivity contribution in [2.45, 2.75) is 39.2 Å². The van der Waals surface area contributed by atoms with Crippen LogP contribution in [0.3, 0.4) is 0 Å². The fourth-order valence-electron chi connectivity index (χ4n) is 1.39. The molecule has 0 aliphatic carbocycles. The lowest BCUT2D eigenvalue weighted by Gasteiger charge is -2.08. The molecule has 1 aromatic rings. The van der Waals surface area contributed by atoms with E-state index in [0.717, 1.165) is 12.1 Å². The Morgan fingerprint density at radius 2 is 1.94 bits per heavy atom. The minimum Gasteiger partial charge on any atom is -0.325 e. The zero-order chi connectivity index (χ0) is 12.0. The van der Waals surface area contributed by atoms with E-state index in [1.807, 2.05) is 24.3 Å². The summed E-state index contributed by atoms with van der Waals surface area (Å²) >= 11 is 0. The summed E-state index contributed by atoms with van der Waals surface area (Å²) in [5.74, 6) is -0.152. The third kappa shape index (κ3) is 5.71. The van der Waals surface area contributed by atoms with Gasteiger partial charge in [0.2, 0.25) is 5.91 Å². The summed E-state index contributed by atoms with van der Waals surface area (Å²) in [7, 11) is 0. The molecule has 0 fully saturated rings. The summed E-state index contributed by atoms with van der Waals surface area (Å²) in [4.78, 5) is 11.3. The average molecular weight is 257 g/mol. The van der Waals surface area contributed by atoms with Crippen molar-refractivity contribution in [2.24, 2.45) is 5.73 Å². The van der Waals surface area contributed by atoms with Crippen molar-refractivity contribution in [2.75, 3.05) is 5.32 Å². The number of carbonyl (C=O) groups is 1. The van der Waals surface area contributed by atoms with Crippen molar-refractivity contribution in [3.8, 4) is 0 Å². The molecule has 3 nitrogen and oxygen atoms in total. The molecule has 1 amide bonds. The number of anilines is 1. The van der Waals surface area contributed by atoms with Crippen molar-refractivity contribution in [3.05, 3.63) is 29.8 Å². The van der Waals surface area contributed by atoms with E-state index in [1.165, 1.54) is 18.4 Å². The molecule has 0 heterocycles. The molecule has 0 bridgehead atoms. The molecule has 0 radical (unpaired) electrons. The monoisotopic (exact) mass is 256 g/mol. The number of carbonyl (C=O) groups excluding carboxylic acids is 1. The fourth-order valence-corrected chi connectivity index (χ4v) is 1.39. The Morgan fingerprint density at radius 1 is 1.35 bits per heavy atom. The summed E-state index contributed by atoms with van der Waals surface area (Å²) in [5, 5.41) is 2.76. The molecule has 0 aliphatic rings. The number of unbranched alkanes of at least 4 members (excludes halogenated alkanes) is 1. The minimum absolute atomic E-state index is 0. The topological polar surface area (TPSA) is 55.1 Å². The second kappa shape index (κ2) is 8.09. The van der Waals surface area contributed by atoms with Gasteiger partial charge in [-0.25, -0.2) is 0 Å². The van der Waals surface area contributed by atoms with Crippen LogP contribution in [0, 0.1) is 0 Å². The van der Waals surface area contributed by atoms with Crippen LogP contribution < -0.4 is 11.1 Å². The van der Waals surface area contributed by atoms with Crippen LogP contribution in [0.1, 0.15) is 32.3 Å². The molecule has 0 saturated heterocycles. The van der Waals surface area contributed by atoms with Gasteiger partial charge in [0, 0.05) is 5.69 Å². The molecule has 4 heteroatoms. The number of hydrogen-bond acceptors (Lipinski definition) is 2. The Hall–Kier alpha value is -1.06. The summed E-state index contributed by atoms with van der Waals surface area (Å²) in [6, 6.07) is 7.47. The molecule has 0 saturated carbocycles. The van der Waals surface area contributed by atoms with E-state index in [4.69, 9.17) is 5.73 Å². The van der Waals surface area contributed by atoms with Crippen molar-refractivity contribution in [1.29, 1.82) is 0 Å². The number of nitrogens with two attached hydrogens (primary N) is 1. The van der Waals surface area contributed by atoms with Crippen LogP contribution in [0.5, 0.6) is 0 Å². The first-order chi connectivity index (χ1) is 7.63. The van der Waals surface area contributed by atoms with E-state index in [-0.39, 0.29) is 18.3 Å². The van der Waals surface area contributed by atoms with E-state index in [9.17, 15) is 4.79 Å². The third-order valence-electron chi connectivity index (χ3n) is 2.45. The first-order valence-corrected chi connectivity index (χ1v) is 5.79. The van der Waals surface area contributed by atoms with E-state index in [0.29, 0.717) is 0 Å². The highest BCUT2D eigenvalue weighted by Gasteiger charge is 2.06. The van der Waals surface area contributed by atoms with E-state index >= 15 is 0 Å². The van der Waals surface area contributed by atoms with Gasteiger partial charge in [0.15, 0.2) is 0 Å². The van der Waals surface area contributed by atoms with Crippen LogP contribution >= 0.6 is 12.4 Å². The largest absolute Gasteiger partial charge is 0.325 e. The van der Waals surface area contributed by atoms with E-state index in [1.54, 1.807) is 6.92 Å². The second-order valence-electron chi connectivity index (χ2n) is 4.08. The number of amides is 1. The quantitative estimate of drug-likeness (QED) is 0.851. The Balaban J connectivity index is 0.00000256. The van der Waals surface area contributed by atoms with Crippen molar-refractivity contribution >= 4 is 24.0 Å². The first-order valence-electron chi connectivity index (χ1n) is 5.79. The lowest BCUT2D eigenvalue weighted by Crippen LogP contribution is -2.32. The standard InChI is InChI=1S/C13H20N2O.ClH/c1-3-4-5-11-6-8-12(9-7-11)15-13(16)10(2)14;/h6-10H,3-5,14H2,1-2H3,(H,15,16);1H. The summed E-state index contributed by atoms with van der Waals surface area (Å²) in [6.07, 6.45) is 3.49. The predicted octanol–water partition coefficient (Wildman–Crippen LogP) is 2.74. The summed E-state index contributed by atoms with van der Waals surface area (Å²) in [5.41, 5.74) is 7.58. The molecule has 1 rings (SSSR count). The summed E-state index contributed by atoms with van der Waals surface area (Å²) in [6.45, 7) is 3.85. The maximum atomic E-state index is 11.3. The van der Waals surface area contributed by atoms with Gasteiger partial charge in [-0.15, -0.1) is 12.4 Å². The smallest absolute Gasteiger partial charge is 0.240 e. The van der Waals surface area contributed by atoms with Gasteiger partial charge in [-0.1, -0.05) is 25.5 Å². The predicted molar refractivity (Wildman–Crippen MR) is 74.6 cm³/mol. The number of rotatable bonds is 5. The Labute approximate surface area is 109 Å². The fraction of sp³-hybridized carbons (Fsp3) is 0.462.